The van der Waals surface area contributed by atoms with Gasteiger partial charge in [-0.05, 0) is 18.2 Å². The van der Waals surface area contributed by atoms with Gasteiger partial charge in [-0.1, -0.05) is 12.1 Å². The number of benzene rings is 1. The zero-order valence-corrected chi connectivity index (χ0v) is 17.0. The minimum absolute atomic E-state index is 0.124. The van der Waals surface area contributed by atoms with Crippen molar-refractivity contribution in [1.29, 1.82) is 0 Å². The lowest BCUT2D eigenvalue weighted by atomic mass is 9.75. The van der Waals surface area contributed by atoms with E-state index in [9.17, 15) is 9.90 Å². The molecular weight excluding hydrogens is 382 g/mol. The number of piperazine rings is 1. The van der Waals surface area contributed by atoms with Gasteiger partial charge in [0.15, 0.2) is 0 Å². The number of para-hydroxylation sites is 1. The number of rotatable bonds is 2. The number of urea groups is 1. The molecule has 160 valence electrons. The predicted octanol–water partition coefficient (Wildman–Crippen LogP) is -0.566. The molecule has 0 bridgehead atoms. The molecule has 4 aliphatic rings. The second-order valence-corrected chi connectivity index (χ2v) is 8.83. The van der Waals surface area contributed by atoms with Gasteiger partial charge in [0.1, 0.15) is 11.6 Å². The molecule has 5 rings (SSSR count). The lowest BCUT2D eigenvalue weighted by molar-refractivity contribution is -0.0263. The molecule has 4 heterocycles. The van der Waals surface area contributed by atoms with Gasteiger partial charge in [0.2, 0.25) is 0 Å². The smallest absolute Gasteiger partial charge is 0.320 e. The van der Waals surface area contributed by atoms with Crippen LogP contribution in [0, 0.1) is 5.41 Å². The molecule has 3 fully saturated rings. The number of allylic oxidation sites excluding steroid dienone is 1. The zero-order chi connectivity index (χ0) is 20.9. The molecule has 0 aromatic heterocycles. The van der Waals surface area contributed by atoms with Crippen LogP contribution in [-0.4, -0.2) is 84.2 Å². The molecule has 4 aliphatic heterocycles. The third-order valence-electron chi connectivity index (χ3n) is 6.70. The molecule has 0 saturated carbocycles. The number of fused-ring (bicyclic) bond motifs is 1. The number of carbonyl (C=O) groups is 1. The van der Waals surface area contributed by atoms with E-state index in [-0.39, 0.29) is 17.8 Å². The minimum Gasteiger partial charge on any atom is -0.507 e. The van der Waals surface area contributed by atoms with E-state index in [0.29, 0.717) is 48.7 Å². The number of nitrogens with two attached hydrogens (primary N) is 2. The summed E-state index contributed by atoms with van der Waals surface area (Å²) in [5, 5.41) is 16.6. The normalized spacial score (nSPS) is 25.4. The summed E-state index contributed by atoms with van der Waals surface area (Å²) in [7, 11) is 0. The molecule has 1 spiro atoms. The highest BCUT2D eigenvalue weighted by Crippen LogP contribution is 2.35. The Morgan fingerprint density at radius 1 is 1.20 bits per heavy atom. The molecule has 1 atom stereocenters. The summed E-state index contributed by atoms with van der Waals surface area (Å²) in [6.45, 7) is 6.44. The molecule has 9 nitrogen and oxygen atoms in total. The number of carbonyl (C=O) groups excluding carboxylic acids is 1. The Morgan fingerprint density at radius 2 is 1.97 bits per heavy atom. The van der Waals surface area contributed by atoms with Gasteiger partial charge in [0.25, 0.3) is 0 Å². The topological polar surface area (TPSA) is 123 Å². The molecule has 1 aromatic rings. The molecule has 30 heavy (non-hydrogen) atoms. The number of hydrogen-bond donors (Lipinski definition) is 5. The Kier molecular flexibility index (Phi) is 4.43. The molecule has 2 amide bonds. The average molecular weight is 412 g/mol. The van der Waals surface area contributed by atoms with Crippen molar-refractivity contribution >= 4 is 11.7 Å². The Labute approximate surface area is 176 Å². The van der Waals surface area contributed by atoms with E-state index in [0.717, 1.165) is 31.9 Å². The van der Waals surface area contributed by atoms with Crippen LogP contribution >= 0.6 is 0 Å². The predicted molar refractivity (Wildman–Crippen MR) is 114 cm³/mol. The number of likely N-dealkylation sites (tertiary alicyclic amines) is 1. The van der Waals surface area contributed by atoms with Crippen LogP contribution in [0.5, 0.6) is 5.75 Å². The van der Waals surface area contributed by atoms with Crippen molar-refractivity contribution in [2.45, 2.75) is 6.04 Å². The van der Waals surface area contributed by atoms with Crippen molar-refractivity contribution in [3.63, 3.8) is 0 Å². The summed E-state index contributed by atoms with van der Waals surface area (Å²) in [5.74, 6) is 0.696. The van der Waals surface area contributed by atoms with Crippen LogP contribution in [0.1, 0.15) is 5.56 Å². The van der Waals surface area contributed by atoms with E-state index < -0.39 is 0 Å². The molecule has 9 heteroatoms. The Balaban J connectivity index is 1.28. The second-order valence-electron chi connectivity index (χ2n) is 8.83. The highest BCUT2D eigenvalue weighted by molar-refractivity contribution is 5.76. The Bertz CT molecular complexity index is 916. The van der Waals surface area contributed by atoms with Gasteiger partial charge in [-0.25, -0.2) is 4.79 Å². The second kappa shape index (κ2) is 7.02. The summed E-state index contributed by atoms with van der Waals surface area (Å²) in [6.07, 6.45) is 1.81. The van der Waals surface area contributed by atoms with Crippen molar-refractivity contribution in [3.05, 3.63) is 47.4 Å². The zero-order valence-electron chi connectivity index (χ0n) is 17.0. The van der Waals surface area contributed by atoms with E-state index in [1.54, 1.807) is 18.2 Å². The lowest BCUT2D eigenvalue weighted by Gasteiger charge is -2.57. The van der Waals surface area contributed by atoms with E-state index in [2.05, 4.69) is 15.5 Å². The first-order valence-corrected chi connectivity index (χ1v) is 10.5. The highest BCUT2D eigenvalue weighted by atomic mass is 16.3. The van der Waals surface area contributed by atoms with Crippen LogP contribution in [0.2, 0.25) is 0 Å². The van der Waals surface area contributed by atoms with Crippen LogP contribution in [0.4, 0.5) is 4.79 Å². The number of hydrogen-bond acceptors (Lipinski definition) is 7. The molecule has 7 N–H and O–H groups in total. The average Bonchev–Trinajstić information content (AvgIpc) is 2.67. The third kappa shape index (κ3) is 3.09. The van der Waals surface area contributed by atoms with Gasteiger partial charge in [-0.3, -0.25) is 0 Å². The maximum atomic E-state index is 12.9. The number of nitrogens with one attached hydrogen (secondary N) is 2. The van der Waals surface area contributed by atoms with Crippen molar-refractivity contribution < 1.29 is 9.90 Å². The monoisotopic (exact) mass is 411 g/mol. The molecule has 1 unspecified atom stereocenters. The standard InChI is InChI=1S/C21H29N7O2/c22-16(15-3-1-2-4-18(15)29)7-17-19(23)25-8-14-9-26(5-6-28(14)17)20(30)27-12-21(13-27)10-24-11-21/h1-4,7,14,24-25,29H,5-6,8-13,22-23H2/b16-7-. The fraction of sp³-hybridized carbons (Fsp3) is 0.476. The Morgan fingerprint density at radius 3 is 2.67 bits per heavy atom. The first-order chi connectivity index (χ1) is 14.5. The van der Waals surface area contributed by atoms with Gasteiger partial charge < -0.3 is 41.9 Å². The van der Waals surface area contributed by atoms with Gasteiger partial charge >= 0.3 is 6.03 Å². The van der Waals surface area contributed by atoms with Crippen molar-refractivity contribution in [2.24, 2.45) is 16.9 Å². The number of phenolic OH excluding ortho intramolecular Hbond substituents is 1. The van der Waals surface area contributed by atoms with E-state index >= 15 is 0 Å². The van der Waals surface area contributed by atoms with Crippen LogP contribution < -0.4 is 22.1 Å². The van der Waals surface area contributed by atoms with Crippen molar-refractivity contribution in [1.82, 2.24) is 25.3 Å². The van der Waals surface area contributed by atoms with Gasteiger partial charge in [-0.2, -0.15) is 0 Å². The van der Waals surface area contributed by atoms with Crippen molar-refractivity contribution in [2.75, 3.05) is 52.4 Å². The lowest BCUT2D eigenvalue weighted by Crippen LogP contribution is -2.73. The summed E-state index contributed by atoms with van der Waals surface area (Å²) in [5.41, 5.74) is 14.7. The Hall–Kier alpha value is -3.07. The summed E-state index contributed by atoms with van der Waals surface area (Å²) >= 11 is 0. The first-order valence-electron chi connectivity index (χ1n) is 10.5. The van der Waals surface area contributed by atoms with Gasteiger partial charge in [0.05, 0.1) is 11.7 Å². The summed E-state index contributed by atoms with van der Waals surface area (Å²) in [6, 6.07) is 7.24. The van der Waals surface area contributed by atoms with Crippen LogP contribution in [0.3, 0.4) is 0 Å². The van der Waals surface area contributed by atoms with E-state index in [1.807, 2.05) is 21.9 Å². The maximum Gasteiger partial charge on any atom is 0.320 e. The van der Waals surface area contributed by atoms with Gasteiger partial charge in [-0.15, -0.1) is 0 Å². The van der Waals surface area contributed by atoms with E-state index in [1.165, 1.54) is 0 Å². The maximum absolute atomic E-state index is 12.9. The quantitative estimate of drug-likeness (QED) is 0.442. The number of phenols is 1. The first kappa shape index (κ1) is 18.9. The summed E-state index contributed by atoms with van der Waals surface area (Å²) in [4.78, 5) is 19.1. The van der Waals surface area contributed by atoms with E-state index in [4.69, 9.17) is 11.5 Å². The van der Waals surface area contributed by atoms with Gasteiger partial charge in [0, 0.05) is 69.0 Å². The highest BCUT2D eigenvalue weighted by Gasteiger charge is 2.50. The number of aromatic hydroxyl groups is 1. The minimum atomic E-state index is 0.124. The van der Waals surface area contributed by atoms with Crippen LogP contribution in [0.15, 0.2) is 41.9 Å². The fourth-order valence-electron chi connectivity index (χ4n) is 4.90. The molecule has 3 saturated heterocycles. The van der Waals surface area contributed by atoms with Crippen molar-refractivity contribution in [3.8, 4) is 5.75 Å². The molecular formula is C21H29N7O2. The largest absolute Gasteiger partial charge is 0.507 e. The molecule has 1 aromatic carbocycles. The number of amides is 2. The SMILES string of the molecule is NC1=C(/C=C(\N)c2ccccc2O)N2CCN(C(=O)N3CC4(CNC4)C3)CC2CN1. The summed E-state index contributed by atoms with van der Waals surface area (Å²) < 4.78 is 0. The van der Waals surface area contributed by atoms with Crippen LogP contribution in [0.25, 0.3) is 5.70 Å². The molecule has 0 radical (unpaired) electrons. The third-order valence-corrected chi connectivity index (χ3v) is 6.70. The fourth-order valence-corrected chi connectivity index (χ4v) is 4.90. The molecule has 0 aliphatic carbocycles. The number of nitrogens with zero attached hydrogens (tertiary/aromatic N) is 3. The van der Waals surface area contributed by atoms with Crippen LogP contribution in [-0.2, 0) is 0 Å².